The molecule has 0 bridgehead atoms. The molecule has 1 aromatic rings. The van der Waals surface area contributed by atoms with Crippen molar-refractivity contribution >= 4 is 5.97 Å². The Morgan fingerprint density at radius 2 is 2.22 bits per heavy atom. The fourth-order valence-corrected chi connectivity index (χ4v) is 1.90. The molecular weight excluding hydrogens is 230 g/mol. The molecular formula is C13H23N3O2. The van der Waals surface area contributed by atoms with Crippen LogP contribution in [0.5, 0.6) is 0 Å². The molecule has 0 saturated heterocycles. The SMILES string of the molecule is CCc1cc(CN(CC(=O)O)C(C)CC)n(C)n1. The van der Waals surface area contributed by atoms with Gasteiger partial charge in [-0.05, 0) is 25.8 Å². The number of hydrogen-bond acceptors (Lipinski definition) is 3. The minimum absolute atomic E-state index is 0.0711. The number of aliphatic carboxylic acids is 1. The third-order valence-corrected chi connectivity index (χ3v) is 3.31. The molecule has 102 valence electrons. The maximum absolute atomic E-state index is 10.9. The minimum atomic E-state index is -0.784. The predicted octanol–water partition coefficient (Wildman–Crippen LogP) is 1.67. The van der Waals surface area contributed by atoms with Crippen LogP contribution in [0.25, 0.3) is 0 Å². The summed E-state index contributed by atoms with van der Waals surface area (Å²) in [6.45, 7) is 6.89. The van der Waals surface area contributed by atoms with E-state index in [4.69, 9.17) is 5.11 Å². The van der Waals surface area contributed by atoms with Gasteiger partial charge in [-0.1, -0.05) is 13.8 Å². The largest absolute Gasteiger partial charge is 0.480 e. The van der Waals surface area contributed by atoms with E-state index < -0.39 is 5.97 Å². The second-order valence-electron chi connectivity index (χ2n) is 4.66. The quantitative estimate of drug-likeness (QED) is 0.803. The minimum Gasteiger partial charge on any atom is -0.480 e. The van der Waals surface area contributed by atoms with Gasteiger partial charge in [0.15, 0.2) is 0 Å². The fourth-order valence-electron chi connectivity index (χ4n) is 1.90. The van der Waals surface area contributed by atoms with E-state index in [2.05, 4.69) is 31.9 Å². The van der Waals surface area contributed by atoms with Crippen molar-refractivity contribution in [3.8, 4) is 0 Å². The van der Waals surface area contributed by atoms with Crippen LogP contribution in [0, 0.1) is 0 Å². The Bertz CT molecular complexity index is 401. The first kappa shape index (κ1) is 14.7. The van der Waals surface area contributed by atoms with Gasteiger partial charge in [0, 0.05) is 19.6 Å². The normalized spacial score (nSPS) is 12.9. The maximum Gasteiger partial charge on any atom is 0.317 e. The topological polar surface area (TPSA) is 58.4 Å². The van der Waals surface area contributed by atoms with Gasteiger partial charge >= 0.3 is 5.97 Å². The fraction of sp³-hybridized carbons (Fsp3) is 0.692. The summed E-state index contributed by atoms with van der Waals surface area (Å²) in [5.74, 6) is -0.784. The molecule has 1 aromatic heterocycles. The van der Waals surface area contributed by atoms with Crippen molar-refractivity contribution < 1.29 is 9.90 Å². The maximum atomic E-state index is 10.9. The van der Waals surface area contributed by atoms with E-state index in [0.29, 0.717) is 6.54 Å². The van der Waals surface area contributed by atoms with Crippen molar-refractivity contribution in [1.82, 2.24) is 14.7 Å². The summed E-state index contributed by atoms with van der Waals surface area (Å²) < 4.78 is 1.84. The Balaban J connectivity index is 2.81. The monoisotopic (exact) mass is 253 g/mol. The summed E-state index contributed by atoms with van der Waals surface area (Å²) in [5.41, 5.74) is 2.11. The highest BCUT2D eigenvalue weighted by Gasteiger charge is 2.17. The molecule has 5 heteroatoms. The lowest BCUT2D eigenvalue weighted by atomic mass is 10.2. The van der Waals surface area contributed by atoms with Crippen molar-refractivity contribution in [2.24, 2.45) is 7.05 Å². The highest BCUT2D eigenvalue weighted by Crippen LogP contribution is 2.11. The molecule has 1 rings (SSSR count). The van der Waals surface area contributed by atoms with E-state index in [1.54, 1.807) is 0 Å². The van der Waals surface area contributed by atoms with Gasteiger partial charge in [0.05, 0.1) is 17.9 Å². The Morgan fingerprint density at radius 3 is 2.67 bits per heavy atom. The number of aryl methyl sites for hydroxylation is 2. The zero-order valence-electron chi connectivity index (χ0n) is 11.7. The molecule has 0 spiro atoms. The van der Waals surface area contributed by atoms with E-state index in [1.165, 1.54) is 0 Å². The van der Waals surface area contributed by atoms with Gasteiger partial charge in [0.25, 0.3) is 0 Å². The van der Waals surface area contributed by atoms with Crippen LogP contribution in [-0.4, -0.2) is 38.3 Å². The molecule has 18 heavy (non-hydrogen) atoms. The lowest BCUT2D eigenvalue weighted by Crippen LogP contribution is -2.37. The molecule has 0 aliphatic rings. The van der Waals surface area contributed by atoms with Gasteiger partial charge in [-0.3, -0.25) is 14.4 Å². The molecule has 0 fully saturated rings. The van der Waals surface area contributed by atoms with Crippen LogP contribution >= 0.6 is 0 Å². The van der Waals surface area contributed by atoms with E-state index in [-0.39, 0.29) is 12.6 Å². The second kappa shape index (κ2) is 6.54. The lowest BCUT2D eigenvalue weighted by Gasteiger charge is -2.26. The van der Waals surface area contributed by atoms with E-state index in [0.717, 1.165) is 24.2 Å². The van der Waals surface area contributed by atoms with E-state index in [9.17, 15) is 4.79 Å². The molecule has 0 aromatic carbocycles. The first-order valence-electron chi connectivity index (χ1n) is 6.45. The van der Waals surface area contributed by atoms with Crippen LogP contribution in [0.3, 0.4) is 0 Å². The molecule has 1 N–H and O–H groups in total. The van der Waals surface area contributed by atoms with Crippen LogP contribution in [0.2, 0.25) is 0 Å². The average Bonchev–Trinajstić information content (AvgIpc) is 2.68. The van der Waals surface area contributed by atoms with Gasteiger partial charge in [0.1, 0.15) is 0 Å². The Morgan fingerprint density at radius 1 is 1.56 bits per heavy atom. The summed E-state index contributed by atoms with van der Waals surface area (Å²) in [6.07, 6.45) is 1.84. The summed E-state index contributed by atoms with van der Waals surface area (Å²) in [7, 11) is 1.91. The van der Waals surface area contributed by atoms with Gasteiger partial charge < -0.3 is 5.11 Å². The zero-order chi connectivity index (χ0) is 13.7. The number of rotatable bonds is 7. The highest BCUT2D eigenvalue weighted by molar-refractivity contribution is 5.69. The Kier molecular flexibility index (Phi) is 5.34. The van der Waals surface area contributed by atoms with Crippen molar-refractivity contribution in [2.45, 2.75) is 46.2 Å². The smallest absolute Gasteiger partial charge is 0.317 e. The van der Waals surface area contributed by atoms with Gasteiger partial charge in [-0.2, -0.15) is 5.10 Å². The number of hydrogen-bond donors (Lipinski definition) is 1. The molecule has 0 amide bonds. The van der Waals surface area contributed by atoms with Crippen molar-refractivity contribution in [1.29, 1.82) is 0 Å². The Labute approximate surface area is 108 Å². The Hall–Kier alpha value is -1.36. The average molecular weight is 253 g/mol. The lowest BCUT2D eigenvalue weighted by molar-refractivity contribution is -0.139. The third-order valence-electron chi connectivity index (χ3n) is 3.31. The standard InChI is InChI=1S/C13H23N3O2/c1-5-10(3)16(9-13(17)18)8-12-7-11(6-2)14-15(12)4/h7,10H,5-6,8-9H2,1-4H3,(H,17,18). The summed E-state index contributed by atoms with van der Waals surface area (Å²) >= 11 is 0. The van der Waals surface area contributed by atoms with Crippen LogP contribution in [-0.2, 0) is 24.8 Å². The number of aromatic nitrogens is 2. The van der Waals surface area contributed by atoms with Gasteiger partial charge in [-0.15, -0.1) is 0 Å². The van der Waals surface area contributed by atoms with Crippen molar-refractivity contribution in [3.63, 3.8) is 0 Å². The van der Waals surface area contributed by atoms with Crippen LogP contribution < -0.4 is 0 Å². The number of carbonyl (C=O) groups is 1. The molecule has 0 aliphatic heterocycles. The molecule has 5 nitrogen and oxygen atoms in total. The third kappa shape index (κ3) is 3.84. The molecule has 1 atom stereocenters. The van der Waals surface area contributed by atoms with Gasteiger partial charge in [0.2, 0.25) is 0 Å². The van der Waals surface area contributed by atoms with Crippen LogP contribution in [0.1, 0.15) is 38.6 Å². The first-order chi connectivity index (χ1) is 8.47. The van der Waals surface area contributed by atoms with E-state index in [1.807, 2.05) is 16.6 Å². The predicted molar refractivity (Wildman–Crippen MR) is 70.4 cm³/mol. The van der Waals surface area contributed by atoms with Crippen LogP contribution in [0.15, 0.2) is 6.07 Å². The zero-order valence-corrected chi connectivity index (χ0v) is 11.7. The first-order valence-corrected chi connectivity index (χ1v) is 6.45. The molecule has 0 radical (unpaired) electrons. The van der Waals surface area contributed by atoms with Gasteiger partial charge in [-0.25, -0.2) is 0 Å². The number of carboxylic acid groups (broad SMARTS) is 1. The molecule has 0 aliphatic carbocycles. The van der Waals surface area contributed by atoms with Crippen LogP contribution in [0.4, 0.5) is 0 Å². The van der Waals surface area contributed by atoms with E-state index >= 15 is 0 Å². The van der Waals surface area contributed by atoms with Crippen molar-refractivity contribution in [2.75, 3.05) is 6.54 Å². The number of nitrogens with zero attached hydrogens (tertiary/aromatic N) is 3. The molecule has 1 heterocycles. The number of carboxylic acids is 1. The van der Waals surface area contributed by atoms with Crippen molar-refractivity contribution in [3.05, 3.63) is 17.5 Å². The summed E-state index contributed by atoms with van der Waals surface area (Å²) in [4.78, 5) is 12.9. The highest BCUT2D eigenvalue weighted by atomic mass is 16.4. The molecule has 0 saturated carbocycles. The second-order valence-corrected chi connectivity index (χ2v) is 4.66. The molecule has 1 unspecified atom stereocenters. The summed E-state index contributed by atoms with van der Waals surface area (Å²) in [5, 5.41) is 13.4. The summed E-state index contributed by atoms with van der Waals surface area (Å²) in [6, 6.07) is 2.30.